The van der Waals surface area contributed by atoms with Crippen LogP contribution < -0.4 is 14.8 Å². The lowest BCUT2D eigenvalue weighted by Gasteiger charge is -2.11. The Hall–Kier alpha value is -2.09. The standard InChI is InChI=1S/C19H23ClN2O4S/c1-13(2)22-27(24,25)16-8-4-14(5-9-16)6-11-19(23)21-17-12-15(20)7-10-18(17)26-3/h4-5,7-10,12-13,22H,6,11H2,1-3H3,(H,21,23). The number of carbonyl (C=O) groups excluding carboxylic acids is 1. The Balaban J connectivity index is 1.97. The summed E-state index contributed by atoms with van der Waals surface area (Å²) in [6, 6.07) is 11.3. The van der Waals surface area contributed by atoms with Crippen LogP contribution in [0.5, 0.6) is 5.75 Å². The van der Waals surface area contributed by atoms with Crippen molar-refractivity contribution in [3.05, 3.63) is 53.1 Å². The van der Waals surface area contributed by atoms with Crippen molar-refractivity contribution >= 4 is 33.2 Å². The highest BCUT2D eigenvalue weighted by atomic mass is 35.5. The van der Waals surface area contributed by atoms with Gasteiger partial charge in [-0.25, -0.2) is 13.1 Å². The zero-order chi connectivity index (χ0) is 20.0. The number of hydrogen-bond acceptors (Lipinski definition) is 4. The normalized spacial score (nSPS) is 11.4. The third-order valence-corrected chi connectivity index (χ3v) is 5.61. The molecule has 0 saturated carbocycles. The fourth-order valence-corrected chi connectivity index (χ4v) is 3.89. The van der Waals surface area contributed by atoms with Crippen LogP contribution in [0.4, 0.5) is 5.69 Å². The highest BCUT2D eigenvalue weighted by Gasteiger charge is 2.15. The average Bonchev–Trinajstić information content (AvgIpc) is 2.59. The Bertz CT molecular complexity index is 896. The maximum Gasteiger partial charge on any atom is 0.240 e. The molecule has 0 radical (unpaired) electrons. The minimum atomic E-state index is -3.52. The summed E-state index contributed by atoms with van der Waals surface area (Å²) < 4.78 is 32.0. The van der Waals surface area contributed by atoms with Crippen LogP contribution in [0.2, 0.25) is 5.02 Å². The first kappa shape index (κ1) is 21.2. The molecule has 2 aromatic rings. The number of benzene rings is 2. The van der Waals surface area contributed by atoms with Crippen LogP contribution in [0.3, 0.4) is 0 Å². The topological polar surface area (TPSA) is 84.5 Å². The number of halogens is 1. The summed E-state index contributed by atoms with van der Waals surface area (Å²) in [7, 11) is -2.00. The second-order valence-electron chi connectivity index (χ2n) is 6.31. The molecule has 2 rings (SSSR count). The smallest absolute Gasteiger partial charge is 0.240 e. The zero-order valence-electron chi connectivity index (χ0n) is 15.5. The van der Waals surface area contributed by atoms with Crippen molar-refractivity contribution in [2.45, 2.75) is 37.6 Å². The third-order valence-electron chi connectivity index (χ3n) is 3.70. The van der Waals surface area contributed by atoms with Gasteiger partial charge in [-0.15, -0.1) is 0 Å². The molecule has 0 aliphatic rings. The maximum atomic E-state index is 12.2. The maximum absolute atomic E-state index is 12.2. The third kappa shape index (κ3) is 6.23. The molecule has 2 aromatic carbocycles. The highest BCUT2D eigenvalue weighted by Crippen LogP contribution is 2.27. The fourth-order valence-electron chi connectivity index (χ4n) is 2.46. The first-order chi connectivity index (χ1) is 12.7. The largest absolute Gasteiger partial charge is 0.495 e. The summed E-state index contributed by atoms with van der Waals surface area (Å²) in [5.74, 6) is 0.341. The van der Waals surface area contributed by atoms with Crippen molar-refractivity contribution in [2.24, 2.45) is 0 Å². The molecular weight excluding hydrogens is 388 g/mol. The number of rotatable bonds is 8. The minimum absolute atomic E-state index is 0.179. The number of carbonyl (C=O) groups is 1. The van der Waals surface area contributed by atoms with Gasteiger partial charge in [0, 0.05) is 17.5 Å². The van der Waals surface area contributed by atoms with Gasteiger partial charge in [-0.3, -0.25) is 4.79 Å². The predicted molar refractivity (Wildman–Crippen MR) is 107 cm³/mol. The van der Waals surface area contributed by atoms with E-state index in [-0.39, 0.29) is 23.3 Å². The summed E-state index contributed by atoms with van der Waals surface area (Å²) in [6.45, 7) is 3.53. The van der Waals surface area contributed by atoms with E-state index < -0.39 is 10.0 Å². The van der Waals surface area contributed by atoms with E-state index in [2.05, 4.69) is 10.0 Å². The molecule has 6 nitrogen and oxygen atoms in total. The van der Waals surface area contributed by atoms with E-state index in [1.165, 1.54) is 19.2 Å². The van der Waals surface area contributed by atoms with E-state index in [0.29, 0.717) is 22.9 Å². The van der Waals surface area contributed by atoms with E-state index in [1.807, 2.05) is 0 Å². The van der Waals surface area contributed by atoms with Crippen LogP contribution in [-0.4, -0.2) is 27.5 Å². The van der Waals surface area contributed by atoms with E-state index in [0.717, 1.165) is 5.56 Å². The van der Waals surface area contributed by atoms with E-state index in [9.17, 15) is 13.2 Å². The molecule has 0 fully saturated rings. The molecule has 0 heterocycles. The Labute approximate surface area is 164 Å². The van der Waals surface area contributed by atoms with Crippen molar-refractivity contribution in [1.82, 2.24) is 4.72 Å². The Morgan fingerprint density at radius 3 is 2.41 bits per heavy atom. The van der Waals surface area contributed by atoms with E-state index >= 15 is 0 Å². The molecule has 0 atom stereocenters. The fraction of sp³-hybridized carbons (Fsp3) is 0.316. The van der Waals surface area contributed by atoms with Crippen molar-refractivity contribution in [3.8, 4) is 5.75 Å². The molecule has 27 heavy (non-hydrogen) atoms. The van der Waals surface area contributed by atoms with Gasteiger partial charge in [-0.2, -0.15) is 0 Å². The van der Waals surface area contributed by atoms with Gasteiger partial charge >= 0.3 is 0 Å². The van der Waals surface area contributed by atoms with E-state index in [4.69, 9.17) is 16.3 Å². The Morgan fingerprint density at radius 2 is 1.81 bits per heavy atom. The van der Waals surface area contributed by atoms with Gasteiger partial charge in [-0.1, -0.05) is 23.7 Å². The van der Waals surface area contributed by atoms with Gasteiger partial charge in [0.2, 0.25) is 15.9 Å². The Morgan fingerprint density at radius 1 is 1.15 bits per heavy atom. The van der Waals surface area contributed by atoms with Crippen LogP contribution in [0.1, 0.15) is 25.8 Å². The summed E-state index contributed by atoms with van der Waals surface area (Å²) in [5, 5.41) is 3.27. The lowest BCUT2D eigenvalue weighted by molar-refractivity contribution is -0.116. The van der Waals surface area contributed by atoms with Crippen LogP contribution in [0, 0.1) is 0 Å². The number of methoxy groups -OCH3 is 1. The molecule has 0 bridgehead atoms. The quantitative estimate of drug-likeness (QED) is 0.696. The number of nitrogens with one attached hydrogen (secondary N) is 2. The summed E-state index contributed by atoms with van der Waals surface area (Å²) in [4.78, 5) is 12.4. The van der Waals surface area contributed by atoms with Gasteiger partial charge in [0.25, 0.3) is 0 Å². The van der Waals surface area contributed by atoms with Crippen LogP contribution >= 0.6 is 11.6 Å². The molecule has 2 N–H and O–H groups in total. The van der Waals surface area contributed by atoms with Gasteiger partial charge < -0.3 is 10.1 Å². The monoisotopic (exact) mass is 410 g/mol. The van der Waals surface area contributed by atoms with Crippen molar-refractivity contribution < 1.29 is 17.9 Å². The molecule has 0 saturated heterocycles. The number of hydrogen-bond donors (Lipinski definition) is 2. The molecule has 8 heteroatoms. The Kier molecular flexibility index (Phi) is 7.24. The lowest BCUT2D eigenvalue weighted by atomic mass is 10.1. The number of anilines is 1. The van der Waals surface area contributed by atoms with Crippen LogP contribution in [0.15, 0.2) is 47.4 Å². The highest BCUT2D eigenvalue weighted by molar-refractivity contribution is 7.89. The first-order valence-electron chi connectivity index (χ1n) is 8.46. The van der Waals surface area contributed by atoms with E-state index in [1.54, 1.807) is 44.2 Å². The second-order valence-corrected chi connectivity index (χ2v) is 8.46. The molecule has 0 aliphatic heterocycles. The number of ether oxygens (including phenoxy) is 1. The van der Waals surface area contributed by atoms with Gasteiger partial charge in [0.15, 0.2) is 0 Å². The summed E-state index contributed by atoms with van der Waals surface area (Å²) in [5.41, 5.74) is 1.38. The molecule has 146 valence electrons. The van der Waals surface area contributed by atoms with Gasteiger partial charge in [0.05, 0.1) is 17.7 Å². The molecular formula is C19H23ClN2O4S. The molecule has 0 aliphatic carbocycles. The first-order valence-corrected chi connectivity index (χ1v) is 10.3. The molecule has 0 aromatic heterocycles. The van der Waals surface area contributed by atoms with Crippen LogP contribution in [-0.2, 0) is 21.2 Å². The summed E-state index contributed by atoms with van der Waals surface area (Å²) >= 11 is 5.95. The summed E-state index contributed by atoms with van der Waals surface area (Å²) in [6.07, 6.45) is 0.721. The molecule has 1 amide bonds. The second kappa shape index (κ2) is 9.21. The van der Waals surface area contributed by atoms with Crippen LogP contribution in [0.25, 0.3) is 0 Å². The van der Waals surface area contributed by atoms with Gasteiger partial charge in [-0.05, 0) is 56.2 Å². The lowest BCUT2D eigenvalue weighted by Crippen LogP contribution is -2.30. The zero-order valence-corrected chi connectivity index (χ0v) is 17.0. The number of amides is 1. The predicted octanol–water partition coefficient (Wildman–Crippen LogP) is 3.61. The molecule has 0 unspecified atom stereocenters. The minimum Gasteiger partial charge on any atom is -0.495 e. The van der Waals surface area contributed by atoms with Gasteiger partial charge in [0.1, 0.15) is 5.75 Å². The number of aryl methyl sites for hydroxylation is 1. The number of sulfonamides is 1. The average molecular weight is 411 g/mol. The molecule has 0 spiro atoms. The van der Waals surface area contributed by atoms with Crippen molar-refractivity contribution in [1.29, 1.82) is 0 Å². The van der Waals surface area contributed by atoms with Crippen molar-refractivity contribution in [3.63, 3.8) is 0 Å². The SMILES string of the molecule is COc1ccc(Cl)cc1NC(=O)CCc1ccc(S(=O)(=O)NC(C)C)cc1. The van der Waals surface area contributed by atoms with Crippen molar-refractivity contribution in [2.75, 3.05) is 12.4 Å².